The van der Waals surface area contributed by atoms with Gasteiger partial charge in [-0.2, -0.15) is 0 Å². The largest absolute Gasteiger partial charge is 0.472 e. The molecule has 0 radical (unpaired) electrons. The van der Waals surface area contributed by atoms with Gasteiger partial charge in [-0.15, -0.1) is 0 Å². The Labute approximate surface area is 367 Å². The van der Waals surface area contributed by atoms with Crippen LogP contribution in [-0.2, 0) is 18.4 Å². The van der Waals surface area contributed by atoms with Crippen LogP contribution in [-0.4, -0.2) is 47.8 Å². The van der Waals surface area contributed by atoms with Gasteiger partial charge in [0.15, 0.2) is 0 Å². The number of phosphoric acid groups is 1. The van der Waals surface area contributed by atoms with Crippen LogP contribution < -0.4 is 11.1 Å². The van der Waals surface area contributed by atoms with Crippen molar-refractivity contribution in [1.29, 1.82) is 0 Å². The van der Waals surface area contributed by atoms with Crippen LogP contribution in [0, 0.1) is 0 Å². The van der Waals surface area contributed by atoms with E-state index in [-0.39, 0.29) is 25.7 Å². The van der Waals surface area contributed by atoms with Gasteiger partial charge in [0.2, 0.25) is 5.91 Å². The van der Waals surface area contributed by atoms with Gasteiger partial charge in [0.1, 0.15) is 0 Å². The van der Waals surface area contributed by atoms with Crippen molar-refractivity contribution in [3.8, 4) is 0 Å². The minimum atomic E-state index is -4.31. The zero-order chi connectivity index (χ0) is 43.2. The zero-order valence-corrected chi connectivity index (χ0v) is 40.4. The summed E-state index contributed by atoms with van der Waals surface area (Å²) in [6.45, 7) is 4.25. The van der Waals surface area contributed by atoms with Crippen molar-refractivity contribution < 1.29 is 28.4 Å². The Bertz CT molecular complexity index is 895. The van der Waals surface area contributed by atoms with E-state index in [2.05, 4.69) is 19.2 Å². The predicted molar refractivity (Wildman–Crippen MR) is 254 cm³/mol. The number of nitrogens with two attached hydrogens (primary N) is 1. The van der Waals surface area contributed by atoms with Crippen LogP contribution in [0.25, 0.3) is 0 Å². The number of nitrogens with one attached hydrogen (secondary N) is 1. The molecule has 3 atom stereocenters. The Kier molecular flexibility index (Phi) is 46.6. The first-order valence-electron chi connectivity index (χ1n) is 26.2. The van der Waals surface area contributed by atoms with Gasteiger partial charge in [0, 0.05) is 13.0 Å². The molecule has 5 N–H and O–H groups in total. The summed E-state index contributed by atoms with van der Waals surface area (Å²) in [7, 11) is -4.31. The van der Waals surface area contributed by atoms with Crippen molar-refractivity contribution in [2.75, 3.05) is 19.8 Å². The third kappa shape index (κ3) is 45.3. The first-order chi connectivity index (χ1) is 28.9. The number of carbonyl (C=O) groups excluding carboxylic acids is 1. The molecule has 0 spiro atoms. The number of hydrogen-bond acceptors (Lipinski definition) is 6. The van der Waals surface area contributed by atoms with E-state index < -0.39 is 20.0 Å². The molecule has 1 amide bonds. The van der Waals surface area contributed by atoms with Gasteiger partial charge < -0.3 is 21.1 Å². The van der Waals surface area contributed by atoms with E-state index in [9.17, 15) is 19.4 Å². The maximum Gasteiger partial charge on any atom is 0.472 e. The number of aliphatic hydroxyl groups excluding tert-OH is 1. The number of carbonyl (C=O) groups is 1. The van der Waals surface area contributed by atoms with Crippen molar-refractivity contribution in [3.63, 3.8) is 0 Å². The number of rotatable bonds is 50. The monoisotopic (exact) mass is 859 g/mol. The van der Waals surface area contributed by atoms with Gasteiger partial charge in [-0.05, 0) is 12.8 Å². The predicted octanol–water partition coefficient (Wildman–Crippen LogP) is 15.3. The number of aliphatic hydroxyl groups is 1. The number of phosphoric ester groups is 1. The van der Waals surface area contributed by atoms with Crippen molar-refractivity contribution in [1.82, 2.24) is 5.32 Å². The highest BCUT2D eigenvalue weighted by Crippen LogP contribution is 2.43. The molecule has 0 aromatic carbocycles. The second-order valence-corrected chi connectivity index (χ2v) is 19.6. The van der Waals surface area contributed by atoms with Gasteiger partial charge >= 0.3 is 7.82 Å². The molecule has 0 aliphatic heterocycles. The summed E-state index contributed by atoms with van der Waals surface area (Å²) < 4.78 is 22.2. The van der Waals surface area contributed by atoms with Gasteiger partial charge in [-0.25, -0.2) is 4.57 Å². The minimum absolute atomic E-state index is 0.0926. The van der Waals surface area contributed by atoms with E-state index in [0.717, 1.165) is 38.5 Å². The standard InChI is InChI=1S/C50H103N2O6P/c1-3-5-7-9-11-13-15-17-18-19-20-21-22-23-24-25-26-27-28-29-30-31-32-34-36-38-40-42-44-50(54)52-48(47-58-59(55,56)57-46-45-51)49(53)43-41-39-37-35-33-16-14-12-10-8-6-4-2/h48-49,53H,3-47,51H2,1-2H3,(H,52,54)(H,55,56)/t48-,49+/m0/s1. The van der Waals surface area contributed by atoms with E-state index in [0.29, 0.717) is 12.8 Å². The van der Waals surface area contributed by atoms with Crippen LogP contribution in [0.2, 0.25) is 0 Å². The summed E-state index contributed by atoms with van der Waals surface area (Å²) in [5.41, 5.74) is 5.39. The van der Waals surface area contributed by atoms with Crippen LogP contribution in [0.3, 0.4) is 0 Å². The lowest BCUT2D eigenvalue weighted by molar-refractivity contribution is -0.123. The van der Waals surface area contributed by atoms with Crippen molar-refractivity contribution in [2.45, 2.75) is 296 Å². The molecule has 0 aliphatic carbocycles. The fourth-order valence-corrected chi connectivity index (χ4v) is 9.02. The SMILES string of the molecule is CCCCCCCCCCCCCCCCCCCCCCCCCCCCCCC(=O)N[C@@H](COP(=O)(O)OCCN)[C@H](O)CCCCCCCCCCCCCC. The van der Waals surface area contributed by atoms with Gasteiger partial charge in [-0.3, -0.25) is 13.8 Å². The molecule has 354 valence electrons. The highest BCUT2D eigenvalue weighted by atomic mass is 31.2. The molecule has 0 aliphatic rings. The number of hydrogen-bond donors (Lipinski definition) is 4. The van der Waals surface area contributed by atoms with Crippen LogP contribution in [0.15, 0.2) is 0 Å². The number of amides is 1. The Morgan fingerprint density at radius 3 is 1.08 bits per heavy atom. The summed E-state index contributed by atoms with van der Waals surface area (Å²) in [4.78, 5) is 22.8. The average molecular weight is 859 g/mol. The van der Waals surface area contributed by atoms with Crippen LogP contribution in [0.1, 0.15) is 284 Å². The maximum absolute atomic E-state index is 12.8. The molecule has 0 rings (SSSR count). The Balaban J connectivity index is 3.85. The Morgan fingerprint density at radius 2 is 0.780 bits per heavy atom. The van der Waals surface area contributed by atoms with Crippen molar-refractivity contribution in [3.05, 3.63) is 0 Å². The maximum atomic E-state index is 12.8. The Morgan fingerprint density at radius 1 is 0.492 bits per heavy atom. The molecular formula is C50H103N2O6P. The molecule has 9 heteroatoms. The zero-order valence-electron chi connectivity index (χ0n) is 39.5. The van der Waals surface area contributed by atoms with E-state index in [1.165, 1.54) is 218 Å². The summed E-state index contributed by atoms with van der Waals surface area (Å²) in [5, 5.41) is 13.8. The smallest absolute Gasteiger partial charge is 0.391 e. The number of unbranched alkanes of at least 4 members (excludes halogenated alkanes) is 38. The lowest BCUT2D eigenvalue weighted by Gasteiger charge is -2.25. The molecule has 0 saturated heterocycles. The van der Waals surface area contributed by atoms with Gasteiger partial charge in [0.25, 0.3) is 0 Å². The highest BCUT2D eigenvalue weighted by molar-refractivity contribution is 7.47. The summed E-state index contributed by atoms with van der Waals surface area (Å²) in [5.74, 6) is -0.155. The Hall–Kier alpha value is -0.500. The van der Waals surface area contributed by atoms with E-state index in [4.69, 9.17) is 14.8 Å². The molecule has 1 unspecified atom stereocenters. The highest BCUT2D eigenvalue weighted by Gasteiger charge is 2.27. The first kappa shape index (κ1) is 58.5. The molecule has 0 heterocycles. The molecule has 8 nitrogen and oxygen atoms in total. The second-order valence-electron chi connectivity index (χ2n) is 18.1. The van der Waals surface area contributed by atoms with Gasteiger partial charge in [0.05, 0.1) is 25.4 Å². The summed E-state index contributed by atoms with van der Waals surface area (Å²) in [6, 6.07) is -0.768. The van der Waals surface area contributed by atoms with E-state index >= 15 is 0 Å². The fourth-order valence-electron chi connectivity index (χ4n) is 8.26. The molecule has 0 fully saturated rings. The third-order valence-corrected chi connectivity index (χ3v) is 13.2. The van der Waals surface area contributed by atoms with Crippen LogP contribution >= 0.6 is 7.82 Å². The lowest BCUT2D eigenvalue weighted by Crippen LogP contribution is -2.46. The molecule has 0 saturated carbocycles. The average Bonchev–Trinajstić information content (AvgIpc) is 3.22. The summed E-state index contributed by atoms with van der Waals surface area (Å²) >= 11 is 0. The lowest BCUT2D eigenvalue weighted by atomic mass is 10.0. The molecule has 59 heavy (non-hydrogen) atoms. The van der Waals surface area contributed by atoms with Crippen molar-refractivity contribution >= 4 is 13.7 Å². The van der Waals surface area contributed by atoms with E-state index in [1.807, 2.05) is 0 Å². The third-order valence-electron chi connectivity index (χ3n) is 12.2. The molecule has 0 aromatic rings. The topological polar surface area (TPSA) is 131 Å². The summed E-state index contributed by atoms with van der Waals surface area (Å²) in [6.07, 6.45) is 52.9. The van der Waals surface area contributed by atoms with Crippen LogP contribution in [0.4, 0.5) is 0 Å². The molecule has 0 bridgehead atoms. The quantitative estimate of drug-likeness (QED) is 0.0354. The first-order valence-corrected chi connectivity index (χ1v) is 27.6. The molecular weight excluding hydrogens is 756 g/mol. The van der Waals surface area contributed by atoms with Gasteiger partial charge in [-0.1, -0.05) is 264 Å². The van der Waals surface area contributed by atoms with Crippen LogP contribution in [0.5, 0.6) is 0 Å². The minimum Gasteiger partial charge on any atom is -0.391 e. The molecule has 0 aromatic heterocycles. The van der Waals surface area contributed by atoms with E-state index in [1.54, 1.807) is 0 Å². The normalized spacial score (nSPS) is 13.8. The van der Waals surface area contributed by atoms with Crippen molar-refractivity contribution in [2.24, 2.45) is 5.73 Å². The second kappa shape index (κ2) is 47.0. The fraction of sp³-hybridized carbons (Fsp3) is 0.980.